The zero-order valence-corrected chi connectivity index (χ0v) is 21.7. The van der Waals surface area contributed by atoms with Crippen LogP contribution in [0.3, 0.4) is 0 Å². The van der Waals surface area contributed by atoms with Crippen molar-refractivity contribution in [2.75, 3.05) is 5.32 Å². The average molecular weight is 510 g/mol. The number of nitrogens with zero attached hydrogens (tertiary/aromatic N) is 2. The van der Waals surface area contributed by atoms with E-state index in [1.807, 2.05) is 19.1 Å². The number of allylic oxidation sites excluding steroid dienone is 2. The van der Waals surface area contributed by atoms with E-state index in [9.17, 15) is 14.7 Å². The Labute approximate surface area is 219 Å². The number of carboxylic acid groups (broad SMARTS) is 1. The van der Waals surface area contributed by atoms with Gasteiger partial charge in [0.05, 0.1) is 16.9 Å². The summed E-state index contributed by atoms with van der Waals surface area (Å²) in [6.07, 6.45) is 1.19. The van der Waals surface area contributed by atoms with Crippen molar-refractivity contribution < 1.29 is 14.7 Å². The van der Waals surface area contributed by atoms with Gasteiger partial charge in [0.25, 0.3) is 0 Å². The Kier molecular flexibility index (Phi) is 5.60. The summed E-state index contributed by atoms with van der Waals surface area (Å²) in [7, 11) is 0. The number of aromatic carboxylic acids is 1. The highest BCUT2D eigenvalue weighted by atomic mass is 32.1. The monoisotopic (exact) mass is 509 g/mol. The van der Waals surface area contributed by atoms with E-state index in [2.05, 4.69) is 48.8 Å². The minimum Gasteiger partial charge on any atom is -0.478 e. The molecule has 2 atom stereocenters. The number of ketones is 1. The van der Waals surface area contributed by atoms with Gasteiger partial charge < -0.3 is 10.4 Å². The van der Waals surface area contributed by atoms with E-state index < -0.39 is 5.97 Å². The molecule has 2 aromatic heterocycles. The number of aryl methyl sites for hydroxylation is 3. The number of hydrogen-bond donors (Lipinski definition) is 2. The summed E-state index contributed by atoms with van der Waals surface area (Å²) < 4.78 is 1.70. The lowest BCUT2D eigenvalue weighted by Crippen LogP contribution is -2.30. The SMILES string of the molecule is Cc1ccc([C@@H]2C3=C(C[C@@H](c4cccs4)CC3=O)Nc3c2c(C)nn3-c2ccccc2C(=O)O)cc1C. The largest absolute Gasteiger partial charge is 0.478 e. The van der Waals surface area contributed by atoms with Crippen molar-refractivity contribution in [3.05, 3.63) is 110 Å². The molecule has 0 unspecified atom stereocenters. The Morgan fingerprint density at radius 2 is 1.86 bits per heavy atom. The molecule has 2 aromatic carbocycles. The molecule has 1 aliphatic heterocycles. The molecule has 4 aromatic rings. The summed E-state index contributed by atoms with van der Waals surface area (Å²) in [6.45, 7) is 6.11. The number of anilines is 1. The molecule has 3 heterocycles. The first kappa shape index (κ1) is 23.4. The molecule has 0 saturated heterocycles. The quantitative estimate of drug-likeness (QED) is 0.327. The van der Waals surface area contributed by atoms with Crippen molar-refractivity contribution in [3.63, 3.8) is 0 Å². The molecule has 6 nitrogen and oxygen atoms in total. The van der Waals surface area contributed by atoms with Crippen LogP contribution in [0, 0.1) is 20.8 Å². The van der Waals surface area contributed by atoms with Crippen molar-refractivity contribution in [1.82, 2.24) is 9.78 Å². The molecule has 0 fully saturated rings. The summed E-state index contributed by atoms with van der Waals surface area (Å²) in [5, 5.41) is 20.3. The average Bonchev–Trinajstić information content (AvgIpc) is 3.53. The predicted molar refractivity (Wildman–Crippen MR) is 145 cm³/mol. The second-order valence-corrected chi connectivity index (χ2v) is 10.9. The number of aromatic nitrogens is 2. The highest BCUT2D eigenvalue weighted by Crippen LogP contribution is 2.50. The van der Waals surface area contributed by atoms with Crippen LogP contribution < -0.4 is 5.32 Å². The predicted octanol–water partition coefficient (Wildman–Crippen LogP) is 6.52. The Morgan fingerprint density at radius 3 is 2.59 bits per heavy atom. The second-order valence-electron chi connectivity index (χ2n) is 9.92. The maximum absolute atomic E-state index is 13.8. The van der Waals surface area contributed by atoms with Gasteiger partial charge in [-0.3, -0.25) is 4.79 Å². The smallest absolute Gasteiger partial charge is 0.337 e. The van der Waals surface area contributed by atoms with Crippen LogP contribution in [-0.2, 0) is 4.79 Å². The van der Waals surface area contributed by atoms with E-state index in [0.717, 1.165) is 33.9 Å². The van der Waals surface area contributed by atoms with Gasteiger partial charge in [0.15, 0.2) is 5.78 Å². The fourth-order valence-electron chi connectivity index (χ4n) is 5.69. The summed E-state index contributed by atoms with van der Waals surface area (Å²) >= 11 is 1.68. The molecule has 7 heteroatoms. The summed E-state index contributed by atoms with van der Waals surface area (Å²) in [5.41, 5.74) is 7.48. The number of carbonyl (C=O) groups is 2. The summed E-state index contributed by atoms with van der Waals surface area (Å²) in [4.78, 5) is 27.1. The number of rotatable bonds is 4. The van der Waals surface area contributed by atoms with Crippen LogP contribution in [0.2, 0.25) is 0 Å². The second kappa shape index (κ2) is 8.85. The van der Waals surface area contributed by atoms with Crippen LogP contribution >= 0.6 is 11.3 Å². The van der Waals surface area contributed by atoms with E-state index in [0.29, 0.717) is 18.5 Å². The Balaban J connectivity index is 1.58. The van der Waals surface area contributed by atoms with Gasteiger partial charge in [-0.1, -0.05) is 36.4 Å². The molecular formula is C30H27N3O3S. The maximum atomic E-state index is 13.8. The number of hydrogen-bond acceptors (Lipinski definition) is 5. The maximum Gasteiger partial charge on any atom is 0.337 e. The zero-order chi connectivity index (χ0) is 25.8. The normalized spacial score (nSPS) is 18.8. The van der Waals surface area contributed by atoms with Crippen molar-refractivity contribution >= 4 is 28.9 Å². The molecule has 0 bridgehead atoms. The molecule has 1 aliphatic carbocycles. The number of carbonyl (C=O) groups excluding carboxylic acids is 1. The van der Waals surface area contributed by atoms with Crippen molar-refractivity contribution in [1.29, 1.82) is 0 Å². The van der Waals surface area contributed by atoms with Crippen molar-refractivity contribution in [3.8, 4) is 5.69 Å². The lowest BCUT2D eigenvalue weighted by Gasteiger charge is -2.35. The third-order valence-corrected chi connectivity index (χ3v) is 8.67. The van der Waals surface area contributed by atoms with Crippen molar-refractivity contribution in [2.45, 2.75) is 45.4 Å². The van der Waals surface area contributed by atoms with Gasteiger partial charge in [-0.2, -0.15) is 5.10 Å². The molecule has 0 spiro atoms. The Hall–Kier alpha value is -3.97. The minimum absolute atomic E-state index is 0.115. The Morgan fingerprint density at radius 1 is 1.05 bits per heavy atom. The molecular weight excluding hydrogens is 482 g/mol. The van der Waals surface area contributed by atoms with Gasteiger partial charge in [0, 0.05) is 40.0 Å². The fraction of sp³-hybridized carbons (Fsp3) is 0.233. The number of para-hydroxylation sites is 1. The molecule has 186 valence electrons. The molecule has 0 amide bonds. The molecule has 2 N–H and O–H groups in total. The molecule has 37 heavy (non-hydrogen) atoms. The van der Waals surface area contributed by atoms with Gasteiger partial charge in [-0.25, -0.2) is 9.48 Å². The number of benzene rings is 2. The first-order valence-corrected chi connectivity index (χ1v) is 13.3. The number of nitrogens with one attached hydrogen (secondary N) is 1. The van der Waals surface area contributed by atoms with Crippen LogP contribution in [0.5, 0.6) is 0 Å². The van der Waals surface area contributed by atoms with Crippen LogP contribution in [-0.4, -0.2) is 26.6 Å². The van der Waals surface area contributed by atoms with Crippen molar-refractivity contribution in [2.24, 2.45) is 0 Å². The number of thiophene rings is 1. The van der Waals surface area contributed by atoms with E-state index in [-0.39, 0.29) is 23.2 Å². The number of fused-ring (bicyclic) bond motifs is 1. The topological polar surface area (TPSA) is 84.2 Å². The number of Topliss-reactive ketones (excluding diaryl/α,β-unsaturated/α-hetero) is 1. The van der Waals surface area contributed by atoms with Crippen LogP contribution in [0.4, 0.5) is 5.82 Å². The lowest BCUT2D eigenvalue weighted by molar-refractivity contribution is -0.116. The molecule has 0 radical (unpaired) electrons. The fourth-order valence-corrected chi connectivity index (χ4v) is 6.52. The van der Waals surface area contributed by atoms with Crippen LogP contribution in [0.1, 0.15) is 67.9 Å². The van der Waals surface area contributed by atoms with Crippen LogP contribution in [0.25, 0.3) is 5.69 Å². The zero-order valence-electron chi connectivity index (χ0n) is 20.9. The first-order valence-electron chi connectivity index (χ1n) is 12.4. The van der Waals surface area contributed by atoms with Gasteiger partial charge in [-0.15, -0.1) is 11.3 Å². The summed E-state index contributed by atoms with van der Waals surface area (Å²) in [6, 6.07) is 17.4. The van der Waals surface area contributed by atoms with Gasteiger partial charge in [-0.05, 0) is 67.5 Å². The minimum atomic E-state index is -1.01. The van der Waals surface area contributed by atoms with E-state index >= 15 is 0 Å². The number of carboxylic acids is 1. The highest BCUT2D eigenvalue weighted by molar-refractivity contribution is 7.10. The molecule has 6 rings (SSSR count). The van der Waals surface area contributed by atoms with Crippen LogP contribution in [0.15, 0.2) is 71.2 Å². The molecule has 2 aliphatic rings. The van der Waals surface area contributed by atoms with E-state index in [1.165, 1.54) is 16.0 Å². The highest BCUT2D eigenvalue weighted by Gasteiger charge is 2.41. The van der Waals surface area contributed by atoms with Gasteiger partial charge >= 0.3 is 5.97 Å². The van der Waals surface area contributed by atoms with Gasteiger partial charge in [0.2, 0.25) is 0 Å². The molecule has 0 saturated carbocycles. The van der Waals surface area contributed by atoms with E-state index in [4.69, 9.17) is 5.10 Å². The summed E-state index contributed by atoms with van der Waals surface area (Å²) in [5.74, 6) is -0.283. The first-order chi connectivity index (χ1) is 17.8. The Bertz CT molecular complexity index is 1600. The lowest BCUT2D eigenvalue weighted by atomic mass is 9.73. The standard InChI is InChI=1S/C30H27N3O3S/c1-16-10-11-19(13-17(16)2)27-26-18(3)32-33(23-8-5-4-7-21(23)30(35)36)29(26)31-22-14-20(15-24(34)28(22)27)25-9-6-12-37-25/h4-13,20,27,31H,14-15H2,1-3H3,(H,35,36)/t20-,27+/m1/s1. The van der Waals surface area contributed by atoms with E-state index in [1.54, 1.807) is 34.2 Å². The van der Waals surface area contributed by atoms with Gasteiger partial charge in [0.1, 0.15) is 5.82 Å². The third kappa shape index (κ3) is 3.81. The third-order valence-electron chi connectivity index (χ3n) is 7.63.